The Hall–Kier alpha value is -1.39. The summed E-state index contributed by atoms with van der Waals surface area (Å²) in [6.45, 7) is 6.04. The van der Waals surface area contributed by atoms with Crippen molar-refractivity contribution in [2.24, 2.45) is 5.41 Å². The highest BCUT2D eigenvalue weighted by molar-refractivity contribution is 6.30. The normalized spacial score (nSPS) is 12.8. The van der Waals surface area contributed by atoms with Gasteiger partial charge in [-0.1, -0.05) is 32.4 Å². The molecule has 5 heteroatoms. The van der Waals surface area contributed by atoms with E-state index in [1.807, 2.05) is 20.8 Å². The van der Waals surface area contributed by atoms with Gasteiger partial charge in [0.15, 0.2) is 5.78 Å². The summed E-state index contributed by atoms with van der Waals surface area (Å²) >= 11 is 5.78. The van der Waals surface area contributed by atoms with Crippen LogP contribution in [0.5, 0.6) is 0 Å². The quantitative estimate of drug-likeness (QED) is 0.756. The minimum Gasteiger partial charge on any atom is -0.396 e. The van der Waals surface area contributed by atoms with Gasteiger partial charge in [0.05, 0.1) is 0 Å². The number of carbonyl (C=O) groups is 2. The van der Waals surface area contributed by atoms with E-state index >= 15 is 0 Å². The first-order chi connectivity index (χ1) is 10.2. The third kappa shape index (κ3) is 6.16. The van der Waals surface area contributed by atoms with Gasteiger partial charge in [0.1, 0.15) is 0 Å². The molecule has 0 aliphatic carbocycles. The van der Waals surface area contributed by atoms with Crippen LogP contribution in [-0.2, 0) is 4.79 Å². The zero-order valence-corrected chi connectivity index (χ0v) is 14.1. The lowest BCUT2D eigenvalue weighted by molar-refractivity contribution is -0.122. The summed E-state index contributed by atoms with van der Waals surface area (Å²) in [4.78, 5) is 24.0. The van der Waals surface area contributed by atoms with Crippen molar-refractivity contribution in [3.05, 3.63) is 34.9 Å². The van der Waals surface area contributed by atoms with Crippen molar-refractivity contribution in [2.75, 3.05) is 6.61 Å². The molecule has 22 heavy (non-hydrogen) atoms. The van der Waals surface area contributed by atoms with E-state index in [1.165, 1.54) is 0 Å². The van der Waals surface area contributed by atoms with Crippen LogP contribution in [-0.4, -0.2) is 29.4 Å². The van der Waals surface area contributed by atoms with Gasteiger partial charge in [0.25, 0.3) is 0 Å². The Morgan fingerprint density at radius 1 is 1.18 bits per heavy atom. The van der Waals surface area contributed by atoms with E-state index < -0.39 is 0 Å². The molecule has 0 aromatic heterocycles. The van der Waals surface area contributed by atoms with E-state index in [0.29, 0.717) is 17.0 Å². The lowest BCUT2D eigenvalue weighted by atomic mass is 9.85. The number of hydrogen-bond acceptors (Lipinski definition) is 3. The molecule has 4 nitrogen and oxygen atoms in total. The predicted octanol–water partition coefficient (Wildman–Crippen LogP) is 3.22. The van der Waals surface area contributed by atoms with Gasteiger partial charge >= 0.3 is 0 Å². The van der Waals surface area contributed by atoms with Crippen LogP contribution in [0.3, 0.4) is 0 Å². The van der Waals surface area contributed by atoms with Crippen molar-refractivity contribution >= 4 is 23.3 Å². The number of rotatable bonds is 7. The highest BCUT2D eigenvalue weighted by atomic mass is 35.5. The van der Waals surface area contributed by atoms with Gasteiger partial charge in [-0.3, -0.25) is 9.59 Å². The number of amides is 1. The Labute approximate surface area is 136 Å². The second kappa shape index (κ2) is 8.30. The number of hydrogen-bond donors (Lipinski definition) is 2. The minimum absolute atomic E-state index is 0.0198. The SMILES string of the molecule is CC(C)(C)C(CCO)NC(=O)CCC(=O)c1ccc(Cl)cc1. The average molecular weight is 326 g/mol. The number of aliphatic hydroxyl groups excluding tert-OH is 1. The topological polar surface area (TPSA) is 66.4 Å². The highest BCUT2D eigenvalue weighted by Crippen LogP contribution is 2.21. The fourth-order valence-corrected chi connectivity index (χ4v) is 2.25. The third-order valence-corrected chi connectivity index (χ3v) is 3.80. The van der Waals surface area contributed by atoms with Gasteiger partial charge in [0.2, 0.25) is 5.91 Å². The lowest BCUT2D eigenvalue weighted by Crippen LogP contribution is -2.44. The highest BCUT2D eigenvalue weighted by Gasteiger charge is 2.25. The van der Waals surface area contributed by atoms with Crippen molar-refractivity contribution in [1.82, 2.24) is 5.32 Å². The number of aliphatic hydroxyl groups is 1. The molecule has 0 aliphatic heterocycles. The summed E-state index contributed by atoms with van der Waals surface area (Å²) in [6.07, 6.45) is 0.795. The summed E-state index contributed by atoms with van der Waals surface area (Å²) in [5, 5.41) is 12.6. The molecule has 122 valence electrons. The molecule has 0 bridgehead atoms. The number of Topliss-reactive ketones (excluding diaryl/α,β-unsaturated/α-hetero) is 1. The van der Waals surface area contributed by atoms with Crippen LogP contribution in [0, 0.1) is 5.41 Å². The molecule has 1 aromatic rings. The van der Waals surface area contributed by atoms with Crippen molar-refractivity contribution in [3.63, 3.8) is 0 Å². The van der Waals surface area contributed by atoms with Crippen LogP contribution >= 0.6 is 11.6 Å². The van der Waals surface area contributed by atoms with Crippen molar-refractivity contribution in [2.45, 2.75) is 46.1 Å². The fourth-order valence-electron chi connectivity index (χ4n) is 2.12. The number of nitrogens with one attached hydrogen (secondary N) is 1. The van der Waals surface area contributed by atoms with E-state index in [0.717, 1.165) is 0 Å². The molecular formula is C17H24ClNO3. The maximum Gasteiger partial charge on any atom is 0.220 e. The lowest BCUT2D eigenvalue weighted by Gasteiger charge is -2.31. The van der Waals surface area contributed by atoms with Gasteiger partial charge in [-0.25, -0.2) is 0 Å². The first-order valence-corrected chi connectivity index (χ1v) is 7.81. The van der Waals surface area contributed by atoms with Crippen LogP contribution in [0.2, 0.25) is 5.02 Å². The summed E-state index contributed by atoms with van der Waals surface area (Å²) in [6, 6.07) is 6.52. The second-order valence-corrected chi connectivity index (χ2v) is 6.86. The average Bonchev–Trinajstić information content (AvgIpc) is 2.44. The summed E-state index contributed by atoms with van der Waals surface area (Å²) in [7, 11) is 0. The predicted molar refractivity (Wildman–Crippen MR) is 88.1 cm³/mol. The molecule has 0 aliphatic rings. The number of benzene rings is 1. The van der Waals surface area contributed by atoms with Gasteiger partial charge in [0, 0.05) is 36.1 Å². The van der Waals surface area contributed by atoms with Crippen LogP contribution in [0.25, 0.3) is 0 Å². The molecule has 0 fully saturated rings. The van der Waals surface area contributed by atoms with Crippen molar-refractivity contribution in [1.29, 1.82) is 0 Å². The maximum atomic E-state index is 12.0. The first-order valence-electron chi connectivity index (χ1n) is 7.43. The Morgan fingerprint density at radius 2 is 1.77 bits per heavy atom. The van der Waals surface area contributed by atoms with E-state index in [4.69, 9.17) is 16.7 Å². The molecule has 1 amide bonds. The molecule has 1 rings (SSSR count). The number of ketones is 1. The molecule has 0 saturated heterocycles. The Kier molecular flexibility index (Phi) is 7.04. The van der Waals surface area contributed by atoms with Crippen molar-refractivity contribution in [3.8, 4) is 0 Å². The summed E-state index contributed by atoms with van der Waals surface area (Å²) in [5.74, 6) is -0.253. The van der Waals surface area contributed by atoms with Gasteiger partial charge in [-0.2, -0.15) is 0 Å². The molecule has 0 saturated carbocycles. The summed E-state index contributed by atoms with van der Waals surface area (Å²) in [5.41, 5.74) is 0.415. The van der Waals surface area contributed by atoms with Gasteiger partial charge in [-0.15, -0.1) is 0 Å². The molecule has 0 radical (unpaired) electrons. The number of halogens is 1. The largest absolute Gasteiger partial charge is 0.396 e. The van der Waals surface area contributed by atoms with Crippen molar-refractivity contribution < 1.29 is 14.7 Å². The zero-order chi connectivity index (χ0) is 16.8. The van der Waals surface area contributed by atoms with Gasteiger partial charge in [-0.05, 0) is 36.1 Å². The Balaban J connectivity index is 2.51. The Morgan fingerprint density at radius 3 is 2.27 bits per heavy atom. The van der Waals surface area contributed by atoms with Crippen LogP contribution in [0.15, 0.2) is 24.3 Å². The smallest absolute Gasteiger partial charge is 0.220 e. The van der Waals surface area contributed by atoms with Crippen LogP contribution in [0.4, 0.5) is 0 Å². The third-order valence-electron chi connectivity index (χ3n) is 3.54. The zero-order valence-electron chi connectivity index (χ0n) is 13.4. The first kappa shape index (κ1) is 18.7. The fraction of sp³-hybridized carbons (Fsp3) is 0.529. The minimum atomic E-state index is -0.171. The van der Waals surface area contributed by atoms with E-state index in [9.17, 15) is 9.59 Å². The summed E-state index contributed by atoms with van der Waals surface area (Å²) < 4.78 is 0. The molecular weight excluding hydrogens is 302 g/mol. The number of carbonyl (C=O) groups excluding carboxylic acids is 2. The maximum absolute atomic E-state index is 12.0. The monoisotopic (exact) mass is 325 g/mol. The molecule has 1 aromatic carbocycles. The molecule has 0 spiro atoms. The van der Waals surface area contributed by atoms with Gasteiger partial charge < -0.3 is 10.4 Å². The van der Waals surface area contributed by atoms with E-state index in [2.05, 4.69) is 5.32 Å². The molecule has 1 atom stereocenters. The molecule has 1 unspecified atom stereocenters. The molecule has 0 heterocycles. The second-order valence-electron chi connectivity index (χ2n) is 6.43. The Bertz CT molecular complexity index is 506. The van der Waals surface area contributed by atoms with Crippen LogP contribution < -0.4 is 5.32 Å². The van der Waals surface area contributed by atoms with E-state index in [-0.39, 0.29) is 42.6 Å². The van der Waals surface area contributed by atoms with E-state index in [1.54, 1.807) is 24.3 Å². The molecule has 2 N–H and O–H groups in total. The van der Waals surface area contributed by atoms with Crippen LogP contribution in [0.1, 0.15) is 50.4 Å². The standard InChI is InChI=1S/C17H24ClNO3/c1-17(2,3)15(10-11-20)19-16(22)9-8-14(21)12-4-6-13(18)7-5-12/h4-7,15,20H,8-11H2,1-3H3,(H,19,22).